The first kappa shape index (κ1) is 19.4. The number of nitrogens with zero attached hydrogens (tertiary/aromatic N) is 1. The lowest BCUT2D eigenvalue weighted by atomic mass is 10.0. The summed E-state index contributed by atoms with van der Waals surface area (Å²) in [5.41, 5.74) is 3.40. The van der Waals surface area contributed by atoms with Crippen LogP contribution >= 0.6 is 0 Å². The molecule has 1 aliphatic rings. The highest BCUT2D eigenvalue weighted by Gasteiger charge is 2.38. The van der Waals surface area contributed by atoms with Crippen molar-refractivity contribution in [3.8, 4) is 11.1 Å². The summed E-state index contributed by atoms with van der Waals surface area (Å²) in [5, 5.41) is 5.49. The molecule has 0 bridgehead atoms. The van der Waals surface area contributed by atoms with E-state index in [0.29, 0.717) is 12.1 Å². The monoisotopic (exact) mass is 399 g/mol. The Labute approximate surface area is 174 Å². The minimum atomic E-state index is -0.663. The van der Waals surface area contributed by atoms with Gasteiger partial charge in [0, 0.05) is 17.7 Å². The zero-order valence-corrected chi connectivity index (χ0v) is 16.2. The maximum Gasteiger partial charge on any atom is 0.325 e. The van der Waals surface area contributed by atoms with Crippen molar-refractivity contribution < 1.29 is 14.4 Å². The summed E-state index contributed by atoms with van der Waals surface area (Å²) in [6.07, 6.45) is 0.389. The Morgan fingerprint density at radius 1 is 0.867 bits per heavy atom. The van der Waals surface area contributed by atoms with Gasteiger partial charge in [0.05, 0.1) is 0 Å². The SMILES string of the molecule is O=C(CN1C(=O)N[C@@H](Cc2ccccc2)C1=O)Nc1ccccc1-c1ccccc1. The molecule has 1 fully saturated rings. The third kappa shape index (κ3) is 4.22. The number of urea groups is 1. The van der Waals surface area contributed by atoms with Crippen molar-refractivity contribution in [2.45, 2.75) is 12.5 Å². The molecule has 3 aromatic carbocycles. The van der Waals surface area contributed by atoms with Gasteiger partial charge in [0.1, 0.15) is 12.6 Å². The van der Waals surface area contributed by atoms with Crippen LogP contribution in [-0.2, 0) is 16.0 Å². The van der Waals surface area contributed by atoms with E-state index in [1.54, 1.807) is 6.07 Å². The van der Waals surface area contributed by atoms with E-state index in [2.05, 4.69) is 10.6 Å². The first-order valence-corrected chi connectivity index (χ1v) is 9.72. The van der Waals surface area contributed by atoms with Crippen molar-refractivity contribution in [1.82, 2.24) is 10.2 Å². The molecule has 0 unspecified atom stereocenters. The molecular weight excluding hydrogens is 378 g/mol. The van der Waals surface area contributed by atoms with E-state index < -0.39 is 23.9 Å². The highest BCUT2D eigenvalue weighted by Crippen LogP contribution is 2.27. The van der Waals surface area contributed by atoms with Gasteiger partial charge in [0.25, 0.3) is 5.91 Å². The second-order valence-electron chi connectivity index (χ2n) is 7.08. The van der Waals surface area contributed by atoms with Gasteiger partial charge in [-0.3, -0.25) is 14.5 Å². The van der Waals surface area contributed by atoms with Crippen molar-refractivity contribution in [2.24, 2.45) is 0 Å². The summed E-state index contributed by atoms with van der Waals surface area (Å²) < 4.78 is 0. The average Bonchev–Trinajstić information content (AvgIpc) is 3.03. The minimum Gasteiger partial charge on any atom is -0.325 e. The van der Waals surface area contributed by atoms with E-state index in [0.717, 1.165) is 21.6 Å². The summed E-state index contributed by atoms with van der Waals surface area (Å²) in [6, 6.07) is 25.3. The van der Waals surface area contributed by atoms with Crippen molar-refractivity contribution in [3.05, 3.63) is 90.5 Å². The molecule has 2 N–H and O–H groups in total. The van der Waals surface area contributed by atoms with Crippen LogP contribution in [0.3, 0.4) is 0 Å². The molecule has 3 aromatic rings. The molecule has 1 saturated heterocycles. The molecule has 0 aromatic heterocycles. The van der Waals surface area contributed by atoms with Gasteiger partial charge in [-0.2, -0.15) is 0 Å². The van der Waals surface area contributed by atoms with Crippen molar-refractivity contribution in [3.63, 3.8) is 0 Å². The standard InChI is InChI=1S/C24H21N3O3/c28-22(25-20-14-8-7-13-19(20)18-11-5-2-6-12-18)16-27-23(29)21(26-24(27)30)15-17-9-3-1-4-10-17/h1-14,21H,15-16H2,(H,25,28)(H,26,30)/t21-/m0/s1. The Hall–Kier alpha value is -3.93. The zero-order chi connectivity index (χ0) is 20.9. The number of hydrogen-bond acceptors (Lipinski definition) is 3. The molecular formula is C24H21N3O3. The van der Waals surface area contributed by atoms with Crippen molar-refractivity contribution in [2.75, 3.05) is 11.9 Å². The number of anilines is 1. The first-order chi connectivity index (χ1) is 14.6. The van der Waals surface area contributed by atoms with Gasteiger partial charge >= 0.3 is 6.03 Å². The fourth-order valence-corrected chi connectivity index (χ4v) is 3.51. The Kier molecular flexibility index (Phi) is 5.57. The highest BCUT2D eigenvalue weighted by molar-refractivity contribution is 6.08. The lowest BCUT2D eigenvalue weighted by Gasteiger charge is -2.15. The number of amides is 4. The normalized spacial score (nSPS) is 15.7. The van der Waals surface area contributed by atoms with Gasteiger partial charge in [-0.1, -0.05) is 78.9 Å². The van der Waals surface area contributed by atoms with Gasteiger partial charge < -0.3 is 10.6 Å². The summed E-state index contributed by atoms with van der Waals surface area (Å²) in [7, 11) is 0. The van der Waals surface area contributed by atoms with E-state index in [1.807, 2.05) is 78.9 Å². The summed E-state index contributed by atoms with van der Waals surface area (Å²) >= 11 is 0. The molecule has 0 spiro atoms. The predicted octanol–water partition coefficient (Wildman–Crippen LogP) is 3.46. The molecule has 1 heterocycles. The molecule has 0 aliphatic carbocycles. The van der Waals surface area contributed by atoms with E-state index in [1.165, 1.54) is 0 Å². The Bertz CT molecular complexity index is 1070. The van der Waals surface area contributed by atoms with Gasteiger partial charge in [-0.05, 0) is 17.2 Å². The van der Waals surface area contributed by atoms with Crippen LogP contribution in [0.2, 0.25) is 0 Å². The van der Waals surface area contributed by atoms with E-state index >= 15 is 0 Å². The Balaban J connectivity index is 1.44. The fraction of sp³-hybridized carbons (Fsp3) is 0.125. The van der Waals surface area contributed by atoms with Gasteiger partial charge in [-0.15, -0.1) is 0 Å². The second-order valence-corrected chi connectivity index (χ2v) is 7.08. The topological polar surface area (TPSA) is 78.5 Å². The van der Waals surface area contributed by atoms with E-state index in [4.69, 9.17) is 0 Å². The summed E-state index contributed by atoms with van der Waals surface area (Å²) in [4.78, 5) is 38.5. The molecule has 1 aliphatic heterocycles. The van der Waals surface area contributed by atoms with Crippen LogP contribution in [0.5, 0.6) is 0 Å². The molecule has 150 valence electrons. The third-order valence-electron chi connectivity index (χ3n) is 4.98. The van der Waals surface area contributed by atoms with E-state index in [9.17, 15) is 14.4 Å². The van der Waals surface area contributed by atoms with Crippen LogP contribution in [0.25, 0.3) is 11.1 Å². The molecule has 4 amide bonds. The Morgan fingerprint density at radius 2 is 1.50 bits per heavy atom. The van der Waals surface area contributed by atoms with Crippen LogP contribution in [-0.4, -0.2) is 35.3 Å². The average molecular weight is 399 g/mol. The van der Waals surface area contributed by atoms with Gasteiger partial charge in [0.15, 0.2) is 0 Å². The van der Waals surface area contributed by atoms with Gasteiger partial charge in [-0.25, -0.2) is 4.79 Å². The molecule has 6 nitrogen and oxygen atoms in total. The number of benzene rings is 3. The van der Waals surface area contributed by atoms with Crippen LogP contribution in [0.1, 0.15) is 5.56 Å². The lowest BCUT2D eigenvalue weighted by molar-refractivity contribution is -0.130. The summed E-state index contributed by atoms with van der Waals surface area (Å²) in [6.45, 7) is -0.334. The number of para-hydroxylation sites is 1. The maximum atomic E-state index is 12.7. The first-order valence-electron chi connectivity index (χ1n) is 9.72. The predicted molar refractivity (Wildman–Crippen MR) is 115 cm³/mol. The fourth-order valence-electron chi connectivity index (χ4n) is 3.51. The number of carbonyl (C=O) groups is 3. The van der Waals surface area contributed by atoms with Crippen molar-refractivity contribution >= 4 is 23.5 Å². The van der Waals surface area contributed by atoms with Crippen LogP contribution in [0.15, 0.2) is 84.9 Å². The molecule has 30 heavy (non-hydrogen) atoms. The van der Waals surface area contributed by atoms with Crippen molar-refractivity contribution in [1.29, 1.82) is 0 Å². The maximum absolute atomic E-state index is 12.7. The lowest BCUT2D eigenvalue weighted by Crippen LogP contribution is -2.38. The quantitative estimate of drug-likeness (QED) is 0.623. The van der Waals surface area contributed by atoms with Crippen LogP contribution in [0.4, 0.5) is 10.5 Å². The second kappa shape index (κ2) is 8.61. The molecule has 1 atom stereocenters. The molecule has 4 rings (SSSR count). The number of hydrogen-bond donors (Lipinski definition) is 2. The molecule has 0 saturated carbocycles. The Morgan fingerprint density at radius 3 is 2.23 bits per heavy atom. The molecule has 0 radical (unpaired) electrons. The number of nitrogens with one attached hydrogen (secondary N) is 2. The smallest absolute Gasteiger partial charge is 0.325 e. The highest BCUT2D eigenvalue weighted by atomic mass is 16.2. The number of rotatable bonds is 6. The number of imide groups is 1. The number of carbonyl (C=O) groups excluding carboxylic acids is 3. The van der Waals surface area contributed by atoms with Crippen LogP contribution in [0, 0.1) is 0 Å². The van der Waals surface area contributed by atoms with E-state index in [-0.39, 0.29) is 6.54 Å². The zero-order valence-electron chi connectivity index (χ0n) is 16.2. The third-order valence-corrected chi connectivity index (χ3v) is 4.98. The summed E-state index contributed by atoms with van der Waals surface area (Å²) in [5.74, 6) is -0.822. The largest absolute Gasteiger partial charge is 0.325 e. The minimum absolute atomic E-state index is 0.334. The van der Waals surface area contributed by atoms with Crippen LogP contribution < -0.4 is 10.6 Å². The van der Waals surface area contributed by atoms with Gasteiger partial charge in [0.2, 0.25) is 5.91 Å². The molecule has 6 heteroatoms.